The van der Waals surface area contributed by atoms with Crippen LogP contribution in [-0.4, -0.2) is 5.97 Å². The Bertz CT molecular complexity index is 383. The SMILES string of the molecule is CCC(=O)Oc1ccccc1.c1ccccc1. The van der Waals surface area contributed by atoms with Crippen LogP contribution in [0.3, 0.4) is 0 Å². The smallest absolute Gasteiger partial charge is 0.310 e. The molecule has 2 heteroatoms. The third-order valence-corrected chi connectivity index (χ3v) is 1.93. The molecule has 0 amide bonds. The van der Waals surface area contributed by atoms with E-state index in [9.17, 15) is 4.79 Å². The van der Waals surface area contributed by atoms with Crippen LogP contribution >= 0.6 is 0 Å². The van der Waals surface area contributed by atoms with Crippen molar-refractivity contribution >= 4 is 5.97 Å². The van der Waals surface area contributed by atoms with Gasteiger partial charge >= 0.3 is 5.97 Å². The minimum absolute atomic E-state index is 0.198. The quantitative estimate of drug-likeness (QED) is 0.579. The van der Waals surface area contributed by atoms with E-state index in [1.165, 1.54) is 0 Å². The Labute approximate surface area is 102 Å². The molecule has 0 aromatic heterocycles. The van der Waals surface area contributed by atoms with Crippen molar-refractivity contribution in [1.82, 2.24) is 0 Å². The van der Waals surface area contributed by atoms with Crippen LogP contribution in [-0.2, 0) is 4.79 Å². The second-order valence-corrected chi connectivity index (χ2v) is 3.30. The second kappa shape index (κ2) is 8.11. The van der Waals surface area contributed by atoms with Gasteiger partial charge in [0.25, 0.3) is 0 Å². The van der Waals surface area contributed by atoms with Gasteiger partial charge in [-0.05, 0) is 12.1 Å². The van der Waals surface area contributed by atoms with Gasteiger partial charge in [-0.15, -0.1) is 0 Å². The van der Waals surface area contributed by atoms with Crippen molar-refractivity contribution < 1.29 is 9.53 Å². The van der Waals surface area contributed by atoms with Crippen LogP contribution in [0.1, 0.15) is 13.3 Å². The molecule has 0 saturated heterocycles. The average molecular weight is 228 g/mol. The second-order valence-electron chi connectivity index (χ2n) is 3.30. The average Bonchev–Trinajstić information content (AvgIpc) is 2.42. The topological polar surface area (TPSA) is 26.3 Å². The van der Waals surface area contributed by atoms with Gasteiger partial charge in [0.05, 0.1) is 0 Å². The molecular weight excluding hydrogens is 212 g/mol. The van der Waals surface area contributed by atoms with Gasteiger partial charge in [-0.2, -0.15) is 0 Å². The first kappa shape index (κ1) is 13.0. The van der Waals surface area contributed by atoms with Gasteiger partial charge in [-0.1, -0.05) is 61.5 Å². The molecule has 2 nitrogen and oxygen atoms in total. The highest BCUT2D eigenvalue weighted by atomic mass is 16.5. The molecule has 88 valence electrons. The monoisotopic (exact) mass is 228 g/mol. The molecular formula is C15H16O2. The van der Waals surface area contributed by atoms with Crippen molar-refractivity contribution in [3.05, 3.63) is 66.7 Å². The highest BCUT2D eigenvalue weighted by Gasteiger charge is 1.98. The van der Waals surface area contributed by atoms with E-state index >= 15 is 0 Å². The van der Waals surface area contributed by atoms with Crippen molar-refractivity contribution in [2.45, 2.75) is 13.3 Å². The van der Waals surface area contributed by atoms with Crippen molar-refractivity contribution in [3.63, 3.8) is 0 Å². The minimum Gasteiger partial charge on any atom is -0.427 e. The summed E-state index contributed by atoms with van der Waals surface area (Å²) in [6.07, 6.45) is 0.412. The summed E-state index contributed by atoms with van der Waals surface area (Å²) in [5.41, 5.74) is 0. The fourth-order valence-corrected chi connectivity index (χ4v) is 1.08. The Morgan fingerprint density at radius 3 is 1.71 bits per heavy atom. The van der Waals surface area contributed by atoms with E-state index in [1.807, 2.05) is 54.6 Å². The Morgan fingerprint density at radius 2 is 1.29 bits per heavy atom. The summed E-state index contributed by atoms with van der Waals surface area (Å²) in [6.45, 7) is 1.77. The van der Waals surface area contributed by atoms with Gasteiger partial charge < -0.3 is 4.74 Å². The molecule has 0 aliphatic heterocycles. The lowest BCUT2D eigenvalue weighted by atomic mass is 10.3. The Morgan fingerprint density at radius 1 is 0.882 bits per heavy atom. The van der Waals surface area contributed by atoms with E-state index in [4.69, 9.17) is 4.74 Å². The van der Waals surface area contributed by atoms with Crippen molar-refractivity contribution in [2.24, 2.45) is 0 Å². The number of carbonyl (C=O) groups excluding carboxylic acids is 1. The highest BCUT2D eigenvalue weighted by Crippen LogP contribution is 2.08. The summed E-state index contributed by atoms with van der Waals surface area (Å²) in [5.74, 6) is 0.413. The number of hydrogen-bond acceptors (Lipinski definition) is 2. The number of rotatable bonds is 2. The van der Waals surface area contributed by atoms with Crippen molar-refractivity contribution in [2.75, 3.05) is 0 Å². The van der Waals surface area contributed by atoms with E-state index in [0.29, 0.717) is 12.2 Å². The van der Waals surface area contributed by atoms with E-state index in [2.05, 4.69) is 0 Å². The zero-order valence-electron chi connectivity index (χ0n) is 9.87. The molecule has 0 spiro atoms. The van der Waals surface area contributed by atoms with Crippen LogP contribution in [0.2, 0.25) is 0 Å². The molecule has 2 rings (SSSR count). The van der Waals surface area contributed by atoms with Crippen LogP contribution in [0.25, 0.3) is 0 Å². The minimum atomic E-state index is -0.198. The molecule has 0 aliphatic rings. The third kappa shape index (κ3) is 6.15. The number of hydrogen-bond donors (Lipinski definition) is 0. The molecule has 0 aliphatic carbocycles. The molecule has 0 saturated carbocycles. The lowest BCUT2D eigenvalue weighted by Crippen LogP contribution is -2.04. The van der Waals surface area contributed by atoms with Crippen molar-refractivity contribution in [3.8, 4) is 5.75 Å². The standard InChI is InChI=1S/C9H10O2.C6H6/c1-2-9(10)11-8-6-4-3-5-7-8;1-2-4-6-5-3-1/h3-7H,2H2,1H3;1-6H. The van der Waals surface area contributed by atoms with Gasteiger partial charge in [0.2, 0.25) is 0 Å². The summed E-state index contributed by atoms with van der Waals surface area (Å²) in [6, 6.07) is 21.1. The summed E-state index contributed by atoms with van der Waals surface area (Å²) >= 11 is 0. The lowest BCUT2D eigenvalue weighted by Gasteiger charge is -1.99. The zero-order chi connectivity index (χ0) is 12.3. The molecule has 0 atom stereocenters. The Balaban J connectivity index is 0.000000202. The molecule has 0 bridgehead atoms. The molecule has 17 heavy (non-hydrogen) atoms. The summed E-state index contributed by atoms with van der Waals surface area (Å²) < 4.78 is 4.92. The summed E-state index contributed by atoms with van der Waals surface area (Å²) in [5, 5.41) is 0. The molecule has 2 aromatic rings. The number of carbonyl (C=O) groups is 1. The predicted molar refractivity (Wildman–Crippen MR) is 68.8 cm³/mol. The van der Waals surface area contributed by atoms with Crippen molar-refractivity contribution in [1.29, 1.82) is 0 Å². The molecule has 0 N–H and O–H groups in total. The summed E-state index contributed by atoms with van der Waals surface area (Å²) in [4.78, 5) is 10.8. The molecule has 0 unspecified atom stereocenters. The van der Waals surface area contributed by atoms with Gasteiger partial charge in [0, 0.05) is 6.42 Å². The highest BCUT2D eigenvalue weighted by molar-refractivity contribution is 5.71. The Kier molecular flexibility index (Phi) is 6.19. The van der Waals surface area contributed by atoms with Crippen LogP contribution in [0.4, 0.5) is 0 Å². The van der Waals surface area contributed by atoms with E-state index < -0.39 is 0 Å². The van der Waals surface area contributed by atoms with Gasteiger partial charge in [-0.25, -0.2) is 0 Å². The first-order valence-electron chi connectivity index (χ1n) is 5.58. The molecule has 0 heterocycles. The Hall–Kier alpha value is -2.09. The fraction of sp³-hybridized carbons (Fsp3) is 0.133. The van der Waals surface area contributed by atoms with Crippen LogP contribution in [0, 0.1) is 0 Å². The van der Waals surface area contributed by atoms with Crippen LogP contribution in [0.5, 0.6) is 5.75 Å². The first-order chi connectivity index (χ1) is 8.33. The molecule has 2 aromatic carbocycles. The number of esters is 1. The zero-order valence-corrected chi connectivity index (χ0v) is 9.87. The first-order valence-corrected chi connectivity index (χ1v) is 5.58. The number of para-hydroxylation sites is 1. The molecule has 0 fully saturated rings. The third-order valence-electron chi connectivity index (χ3n) is 1.93. The summed E-state index contributed by atoms with van der Waals surface area (Å²) in [7, 11) is 0. The molecule has 0 radical (unpaired) electrons. The lowest BCUT2D eigenvalue weighted by molar-refractivity contribution is -0.134. The van der Waals surface area contributed by atoms with Crippen LogP contribution in [0.15, 0.2) is 66.7 Å². The van der Waals surface area contributed by atoms with Gasteiger partial charge in [0.1, 0.15) is 5.75 Å². The van der Waals surface area contributed by atoms with E-state index in [1.54, 1.807) is 19.1 Å². The van der Waals surface area contributed by atoms with Gasteiger partial charge in [0.15, 0.2) is 0 Å². The van der Waals surface area contributed by atoms with Crippen LogP contribution < -0.4 is 4.74 Å². The maximum Gasteiger partial charge on any atom is 0.310 e. The number of benzene rings is 2. The maximum absolute atomic E-state index is 10.8. The normalized spacial score (nSPS) is 8.76. The predicted octanol–water partition coefficient (Wildman–Crippen LogP) is 3.69. The largest absolute Gasteiger partial charge is 0.427 e. The fourth-order valence-electron chi connectivity index (χ4n) is 1.08. The maximum atomic E-state index is 10.8. The number of ether oxygens (including phenoxy) is 1. The van der Waals surface area contributed by atoms with E-state index in [-0.39, 0.29) is 5.97 Å². The van der Waals surface area contributed by atoms with Gasteiger partial charge in [-0.3, -0.25) is 4.79 Å². The van der Waals surface area contributed by atoms with E-state index in [0.717, 1.165) is 0 Å².